The van der Waals surface area contributed by atoms with Gasteiger partial charge in [-0.05, 0) is 13.0 Å². The van der Waals surface area contributed by atoms with Gasteiger partial charge in [0.15, 0.2) is 0 Å². The van der Waals surface area contributed by atoms with Gasteiger partial charge in [0.1, 0.15) is 12.4 Å². The standard InChI is InChI=1S/C9H10FNO2/c1-6-7(5-10)3-4-8(11-6)9(12)13-2/h3-4H,5H2,1-2H3. The molecule has 1 heterocycles. The number of esters is 1. The third-order valence-electron chi connectivity index (χ3n) is 1.73. The zero-order valence-corrected chi connectivity index (χ0v) is 7.50. The first-order valence-corrected chi connectivity index (χ1v) is 3.80. The normalized spacial score (nSPS) is 9.77. The van der Waals surface area contributed by atoms with Crippen LogP contribution in [-0.4, -0.2) is 18.1 Å². The number of rotatable bonds is 2. The lowest BCUT2D eigenvalue weighted by Crippen LogP contribution is -2.06. The molecule has 0 aliphatic carbocycles. The first-order valence-electron chi connectivity index (χ1n) is 3.80. The van der Waals surface area contributed by atoms with Crippen molar-refractivity contribution in [2.75, 3.05) is 7.11 Å². The van der Waals surface area contributed by atoms with E-state index in [1.165, 1.54) is 19.2 Å². The Balaban J connectivity index is 3.02. The summed E-state index contributed by atoms with van der Waals surface area (Å²) in [6.07, 6.45) is 0. The molecule has 70 valence electrons. The fourth-order valence-electron chi connectivity index (χ4n) is 0.949. The van der Waals surface area contributed by atoms with Crippen LogP contribution in [0.5, 0.6) is 0 Å². The van der Waals surface area contributed by atoms with Gasteiger partial charge in [0.2, 0.25) is 0 Å². The van der Waals surface area contributed by atoms with Gasteiger partial charge in [-0.3, -0.25) is 0 Å². The molecule has 0 fully saturated rings. The van der Waals surface area contributed by atoms with Crippen molar-refractivity contribution in [3.05, 3.63) is 29.1 Å². The lowest BCUT2D eigenvalue weighted by molar-refractivity contribution is 0.0593. The molecule has 0 unspecified atom stereocenters. The number of aromatic nitrogens is 1. The predicted octanol–water partition coefficient (Wildman–Crippen LogP) is 1.65. The van der Waals surface area contributed by atoms with Crippen molar-refractivity contribution in [3.63, 3.8) is 0 Å². The Morgan fingerprint density at radius 2 is 2.31 bits per heavy atom. The number of hydrogen-bond donors (Lipinski definition) is 0. The van der Waals surface area contributed by atoms with E-state index in [9.17, 15) is 9.18 Å². The second-order valence-electron chi connectivity index (χ2n) is 2.57. The molecule has 1 aromatic heterocycles. The largest absolute Gasteiger partial charge is 0.464 e. The topological polar surface area (TPSA) is 39.2 Å². The minimum Gasteiger partial charge on any atom is -0.464 e. The Labute approximate surface area is 75.6 Å². The smallest absolute Gasteiger partial charge is 0.356 e. The summed E-state index contributed by atoms with van der Waals surface area (Å²) in [7, 11) is 1.28. The van der Waals surface area contributed by atoms with Gasteiger partial charge in [0, 0.05) is 11.3 Å². The van der Waals surface area contributed by atoms with E-state index in [0.717, 1.165) is 0 Å². The van der Waals surface area contributed by atoms with E-state index in [2.05, 4.69) is 9.72 Å². The molecule has 1 aromatic rings. The molecule has 0 amide bonds. The van der Waals surface area contributed by atoms with Crippen LogP contribution >= 0.6 is 0 Å². The first kappa shape index (κ1) is 9.64. The zero-order valence-electron chi connectivity index (χ0n) is 7.50. The minimum absolute atomic E-state index is 0.206. The second kappa shape index (κ2) is 3.98. The summed E-state index contributed by atoms with van der Waals surface area (Å²) >= 11 is 0. The fraction of sp³-hybridized carbons (Fsp3) is 0.333. The van der Waals surface area contributed by atoms with Crippen LogP contribution < -0.4 is 0 Å². The van der Waals surface area contributed by atoms with Crippen LogP contribution in [0.4, 0.5) is 4.39 Å². The molecule has 4 heteroatoms. The van der Waals surface area contributed by atoms with E-state index in [1.807, 2.05) is 0 Å². The van der Waals surface area contributed by atoms with Crippen molar-refractivity contribution >= 4 is 5.97 Å². The monoisotopic (exact) mass is 183 g/mol. The molecule has 0 aliphatic heterocycles. The maximum atomic E-state index is 12.2. The van der Waals surface area contributed by atoms with E-state index >= 15 is 0 Å². The molecule has 0 aliphatic rings. The molecule has 3 nitrogen and oxygen atoms in total. The van der Waals surface area contributed by atoms with Crippen molar-refractivity contribution in [1.29, 1.82) is 0 Å². The van der Waals surface area contributed by atoms with Crippen LogP contribution in [0.3, 0.4) is 0 Å². The number of carbonyl (C=O) groups excluding carboxylic acids is 1. The third kappa shape index (κ3) is 2.02. The summed E-state index contributed by atoms with van der Waals surface area (Å²) in [6, 6.07) is 2.99. The van der Waals surface area contributed by atoms with Gasteiger partial charge in [-0.1, -0.05) is 6.07 Å². The van der Waals surface area contributed by atoms with Gasteiger partial charge < -0.3 is 4.74 Å². The Bertz CT molecular complexity index is 325. The van der Waals surface area contributed by atoms with Gasteiger partial charge >= 0.3 is 5.97 Å². The average molecular weight is 183 g/mol. The molecule has 13 heavy (non-hydrogen) atoms. The third-order valence-corrected chi connectivity index (χ3v) is 1.73. The van der Waals surface area contributed by atoms with E-state index in [1.54, 1.807) is 6.92 Å². The van der Waals surface area contributed by atoms with Gasteiger partial charge in [0.25, 0.3) is 0 Å². The number of nitrogens with zero attached hydrogens (tertiary/aromatic N) is 1. The van der Waals surface area contributed by atoms with Crippen LogP contribution in [0.1, 0.15) is 21.7 Å². The van der Waals surface area contributed by atoms with Gasteiger partial charge in [-0.15, -0.1) is 0 Å². The number of carbonyl (C=O) groups is 1. The van der Waals surface area contributed by atoms with Crippen LogP contribution in [0.15, 0.2) is 12.1 Å². The van der Waals surface area contributed by atoms with Gasteiger partial charge in [-0.2, -0.15) is 0 Å². The number of hydrogen-bond acceptors (Lipinski definition) is 3. The summed E-state index contributed by atoms with van der Waals surface area (Å²) < 4.78 is 16.7. The Kier molecular flexibility index (Phi) is 2.95. The van der Waals surface area contributed by atoms with Crippen LogP contribution in [0.25, 0.3) is 0 Å². The van der Waals surface area contributed by atoms with Crippen LogP contribution in [0.2, 0.25) is 0 Å². The molecular formula is C9H10FNO2. The molecule has 0 radical (unpaired) electrons. The summed E-state index contributed by atoms with van der Waals surface area (Å²) in [5.74, 6) is -0.506. The number of aryl methyl sites for hydroxylation is 1. The molecule has 0 spiro atoms. The number of ether oxygens (including phenoxy) is 1. The number of halogens is 1. The highest BCUT2D eigenvalue weighted by Gasteiger charge is 2.08. The van der Waals surface area contributed by atoms with E-state index in [0.29, 0.717) is 11.3 Å². The van der Waals surface area contributed by atoms with Crippen molar-refractivity contribution in [3.8, 4) is 0 Å². The number of alkyl halides is 1. The van der Waals surface area contributed by atoms with Crippen molar-refractivity contribution in [2.24, 2.45) is 0 Å². The predicted molar refractivity (Wildman–Crippen MR) is 45.1 cm³/mol. The zero-order chi connectivity index (χ0) is 9.84. The van der Waals surface area contributed by atoms with Crippen molar-refractivity contribution in [1.82, 2.24) is 4.98 Å². The van der Waals surface area contributed by atoms with E-state index < -0.39 is 12.6 Å². The quantitative estimate of drug-likeness (QED) is 0.654. The summed E-state index contributed by atoms with van der Waals surface area (Å²) in [6.45, 7) is 1.08. The average Bonchev–Trinajstić information content (AvgIpc) is 2.16. The van der Waals surface area contributed by atoms with E-state index in [-0.39, 0.29) is 5.69 Å². The lowest BCUT2D eigenvalue weighted by Gasteiger charge is -2.02. The summed E-state index contributed by atoms with van der Waals surface area (Å²) in [5.41, 5.74) is 1.22. The summed E-state index contributed by atoms with van der Waals surface area (Å²) in [5, 5.41) is 0. The number of pyridine rings is 1. The Morgan fingerprint density at radius 3 is 2.77 bits per heavy atom. The highest BCUT2D eigenvalue weighted by Crippen LogP contribution is 2.08. The SMILES string of the molecule is COC(=O)c1ccc(CF)c(C)n1. The van der Waals surface area contributed by atoms with E-state index in [4.69, 9.17) is 0 Å². The van der Waals surface area contributed by atoms with Gasteiger partial charge in [-0.25, -0.2) is 14.2 Å². The highest BCUT2D eigenvalue weighted by atomic mass is 19.1. The maximum Gasteiger partial charge on any atom is 0.356 e. The Hall–Kier alpha value is -1.45. The minimum atomic E-state index is -0.569. The van der Waals surface area contributed by atoms with Crippen LogP contribution in [-0.2, 0) is 11.4 Å². The first-order chi connectivity index (χ1) is 6.19. The maximum absolute atomic E-state index is 12.2. The molecule has 0 atom stereocenters. The molecular weight excluding hydrogens is 173 g/mol. The molecule has 0 bridgehead atoms. The highest BCUT2D eigenvalue weighted by molar-refractivity contribution is 5.87. The van der Waals surface area contributed by atoms with Crippen LogP contribution in [0, 0.1) is 6.92 Å². The second-order valence-corrected chi connectivity index (χ2v) is 2.57. The fourth-order valence-corrected chi connectivity index (χ4v) is 0.949. The molecule has 0 saturated carbocycles. The molecule has 0 saturated heterocycles. The molecule has 1 rings (SSSR count). The number of methoxy groups -OCH3 is 1. The summed E-state index contributed by atoms with van der Waals surface area (Å²) in [4.78, 5) is 14.9. The van der Waals surface area contributed by atoms with Gasteiger partial charge in [0.05, 0.1) is 7.11 Å². The molecule has 0 aromatic carbocycles. The lowest BCUT2D eigenvalue weighted by atomic mass is 10.2. The Morgan fingerprint density at radius 1 is 1.62 bits per heavy atom. The molecule has 0 N–H and O–H groups in total. The van der Waals surface area contributed by atoms with Crippen molar-refractivity contribution < 1.29 is 13.9 Å². The van der Waals surface area contributed by atoms with Crippen molar-refractivity contribution in [2.45, 2.75) is 13.6 Å².